The highest BCUT2D eigenvalue weighted by Crippen LogP contribution is 2.38. The van der Waals surface area contributed by atoms with E-state index in [1.165, 1.54) is 12.8 Å². The van der Waals surface area contributed by atoms with Crippen LogP contribution in [0.2, 0.25) is 0 Å². The number of carboxylic acids is 1. The normalized spacial score (nSPS) is 15.0. The van der Waals surface area contributed by atoms with Gasteiger partial charge in [0.05, 0.1) is 11.3 Å². The van der Waals surface area contributed by atoms with E-state index in [4.69, 9.17) is 5.10 Å². The average molecular weight is 349 g/mol. The Morgan fingerprint density at radius 2 is 1.77 bits per heavy atom. The molecule has 4 rings (SSSR count). The van der Waals surface area contributed by atoms with E-state index in [1.54, 1.807) is 6.07 Å². The Hall–Kier alpha value is -2.69. The van der Waals surface area contributed by atoms with Crippen LogP contribution < -0.4 is 0 Å². The number of fused-ring (bicyclic) bond motifs is 1. The molecular weight excluding hydrogens is 326 g/mol. The van der Waals surface area contributed by atoms with Crippen LogP contribution in [0.5, 0.6) is 0 Å². The van der Waals surface area contributed by atoms with E-state index < -0.39 is 5.97 Å². The van der Waals surface area contributed by atoms with Crippen LogP contribution in [-0.2, 0) is 0 Å². The topological polar surface area (TPSA) is 67.5 Å². The van der Waals surface area contributed by atoms with Crippen molar-refractivity contribution in [3.05, 3.63) is 52.5 Å². The van der Waals surface area contributed by atoms with Gasteiger partial charge in [0, 0.05) is 11.6 Å². The van der Waals surface area contributed by atoms with Crippen molar-refractivity contribution in [3.8, 4) is 11.1 Å². The number of nitrogens with zero attached hydrogens (tertiary/aromatic N) is 3. The molecule has 0 aliphatic heterocycles. The molecule has 0 unspecified atom stereocenters. The minimum atomic E-state index is -0.988. The Kier molecular flexibility index (Phi) is 4.02. The van der Waals surface area contributed by atoms with Gasteiger partial charge in [-0.2, -0.15) is 5.10 Å². The zero-order valence-corrected chi connectivity index (χ0v) is 15.4. The van der Waals surface area contributed by atoms with Crippen molar-refractivity contribution in [2.75, 3.05) is 0 Å². The van der Waals surface area contributed by atoms with Gasteiger partial charge in [-0.15, -0.1) is 0 Å². The van der Waals surface area contributed by atoms with Crippen LogP contribution in [0.1, 0.15) is 64.6 Å². The van der Waals surface area contributed by atoms with Crippen LogP contribution in [0.25, 0.3) is 16.8 Å². The van der Waals surface area contributed by atoms with Gasteiger partial charge in [-0.3, -0.25) is 0 Å². The third kappa shape index (κ3) is 2.59. The standard InChI is InChI=1S/C21H23N3O2/c1-12-7-6-8-13(2)18(12)19-14(3)23-24-17(15-9-4-5-10-15)11-16(21(25)26)22-20(19)24/h6-8,11,15H,4-5,9-10H2,1-3H3,(H,25,26). The Morgan fingerprint density at radius 1 is 1.12 bits per heavy atom. The number of aromatic nitrogens is 3. The molecule has 2 aromatic heterocycles. The van der Waals surface area contributed by atoms with Gasteiger partial charge in [-0.25, -0.2) is 14.3 Å². The lowest BCUT2D eigenvalue weighted by Crippen LogP contribution is -2.10. The SMILES string of the molecule is Cc1cccc(C)c1-c1c(C)nn2c(C3CCCC3)cc(C(=O)O)nc12. The Balaban J connectivity index is 2.06. The van der Waals surface area contributed by atoms with Crippen LogP contribution >= 0.6 is 0 Å². The molecule has 26 heavy (non-hydrogen) atoms. The summed E-state index contributed by atoms with van der Waals surface area (Å²) in [5.74, 6) is -0.637. The van der Waals surface area contributed by atoms with Crippen molar-refractivity contribution < 1.29 is 9.90 Å². The second-order valence-electron chi connectivity index (χ2n) is 7.32. The number of carbonyl (C=O) groups is 1. The molecule has 1 saturated carbocycles. The molecule has 134 valence electrons. The fourth-order valence-corrected chi connectivity index (χ4v) is 4.27. The molecule has 1 N–H and O–H groups in total. The minimum Gasteiger partial charge on any atom is -0.477 e. The Morgan fingerprint density at radius 3 is 2.38 bits per heavy atom. The van der Waals surface area contributed by atoms with Gasteiger partial charge in [-0.1, -0.05) is 31.0 Å². The summed E-state index contributed by atoms with van der Waals surface area (Å²) in [7, 11) is 0. The molecule has 1 aromatic carbocycles. The van der Waals surface area contributed by atoms with Crippen LogP contribution in [-0.4, -0.2) is 25.7 Å². The summed E-state index contributed by atoms with van der Waals surface area (Å²) >= 11 is 0. The van der Waals surface area contributed by atoms with Gasteiger partial charge in [0.2, 0.25) is 0 Å². The molecular formula is C21H23N3O2. The first-order chi connectivity index (χ1) is 12.5. The van der Waals surface area contributed by atoms with E-state index in [0.29, 0.717) is 11.6 Å². The summed E-state index contributed by atoms with van der Waals surface area (Å²) in [6.07, 6.45) is 4.52. The molecule has 0 radical (unpaired) electrons. The summed E-state index contributed by atoms with van der Waals surface area (Å²) in [5.41, 5.74) is 6.96. The van der Waals surface area contributed by atoms with Gasteiger partial charge in [0.1, 0.15) is 0 Å². The van der Waals surface area contributed by atoms with Gasteiger partial charge in [-0.05, 0) is 56.4 Å². The zero-order chi connectivity index (χ0) is 18.4. The molecule has 5 heteroatoms. The molecule has 5 nitrogen and oxygen atoms in total. The molecule has 3 aromatic rings. The first-order valence-corrected chi connectivity index (χ1v) is 9.17. The lowest BCUT2D eigenvalue weighted by Gasteiger charge is -2.13. The fraction of sp³-hybridized carbons (Fsp3) is 0.381. The number of benzene rings is 1. The van der Waals surface area contributed by atoms with Crippen molar-refractivity contribution in [2.24, 2.45) is 0 Å². The number of hydrogen-bond donors (Lipinski definition) is 1. The van der Waals surface area contributed by atoms with Crippen molar-refractivity contribution >= 4 is 11.6 Å². The molecule has 1 aliphatic rings. The third-order valence-corrected chi connectivity index (χ3v) is 5.52. The molecule has 0 spiro atoms. The second-order valence-corrected chi connectivity index (χ2v) is 7.32. The third-order valence-electron chi connectivity index (χ3n) is 5.52. The Labute approximate surface area is 152 Å². The summed E-state index contributed by atoms with van der Waals surface area (Å²) in [6, 6.07) is 7.90. The number of carboxylic acid groups (broad SMARTS) is 1. The lowest BCUT2D eigenvalue weighted by atomic mass is 9.95. The van der Waals surface area contributed by atoms with E-state index in [-0.39, 0.29) is 5.69 Å². The Bertz CT molecular complexity index is 994. The highest BCUT2D eigenvalue weighted by Gasteiger charge is 2.26. The van der Waals surface area contributed by atoms with Gasteiger partial charge >= 0.3 is 5.97 Å². The van der Waals surface area contributed by atoms with Crippen LogP contribution in [0.15, 0.2) is 24.3 Å². The highest BCUT2D eigenvalue weighted by atomic mass is 16.4. The van der Waals surface area contributed by atoms with Crippen molar-refractivity contribution in [3.63, 3.8) is 0 Å². The second kappa shape index (κ2) is 6.24. The van der Waals surface area contributed by atoms with Gasteiger partial charge in [0.15, 0.2) is 11.3 Å². The predicted octanol–water partition coefficient (Wildman–Crippen LogP) is 4.68. The van der Waals surface area contributed by atoms with Gasteiger partial charge in [0.25, 0.3) is 0 Å². The maximum atomic E-state index is 11.7. The first-order valence-electron chi connectivity index (χ1n) is 9.17. The minimum absolute atomic E-state index is 0.104. The smallest absolute Gasteiger partial charge is 0.354 e. The number of rotatable bonds is 3. The summed E-state index contributed by atoms with van der Waals surface area (Å²) < 4.78 is 1.89. The van der Waals surface area contributed by atoms with Crippen LogP contribution in [0, 0.1) is 20.8 Å². The van der Waals surface area contributed by atoms with E-state index >= 15 is 0 Å². The lowest BCUT2D eigenvalue weighted by molar-refractivity contribution is 0.0690. The molecule has 0 saturated heterocycles. The zero-order valence-electron chi connectivity index (χ0n) is 15.4. The summed E-state index contributed by atoms with van der Waals surface area (Å²) in [6.45, 7) is 6.13. The molecule has 0 bridgehead atoms. The molecule has 2 heterocycles. The number of aryl methyl sites for hydroxylation is 3. The number of aromatic carboxylic acids is 1. The fourth-order valence-electron chi connectivity index (χ4n) is 4.27. The monoisotopic (exact) mass is 349 g/mol. The maximum Gasteiger partial charge on any atom is 0.354 e. The van der Waals surface area contributed by atoms with Crippen molar-refractivity contribution in [2.45, 2.75) is 52.4 Å². The summed E-state index contributed by atoms with van der Waals surface area (Å²) in [4.78, 5) is 16.2. The maximum absolute atomic E-state index is 11.7. The average Bonchev–Trinajstić information content (AvgIpc) is 3.22. The largest absolute Gasteiger partial charge is 0.477 e. The quantitative estimate of drug-likeness (QED) is 0.745. The van der Waals surface area contributed by atoms with Crippen LogP contribution in [0.4, 0.5) is 0 Å². The van der Waals surface area contributed by atoms with E-state index in [1.807, 2.05) is 17.5 Å². The highest BCUT2D eigenvalue weighted by molar-refractivity contribution is 5.89. The summed E-state index contributed by atoms with van der Waals surface area (Å²) in [5, 5.41) is 14.4. The van der Waals surface area contributed by atoms with E-state index in [9.17, 15) is 9.90 Å². The molecule has 1 fully saturated rings. The molecule has 0 atom stereocenters. The van der Waals surface area contributed by atoms with Crippen LogP contribution in [0.3, 0.4) is 0 Å². The van der Waals surface area contributed by atoms with E-state index in [0.717, 1.165) is 46.5 Å². The predicted molar refractivity (Wildman–Crippen MR) is 101 cm³/mol. The molecule has 0 amide bonds. The number of hydrogen-bond acceptors (Lipinski definition) is 3. The first kappa shape index (κ1) is 16.8. The van der Waals surface area contributed by atoms with Crippen molar-refractivity contribution in [1.29, 1.82) is 0 Å². The molecule has 1 aliphatic carbocycles. The van der Waals surface area contributed by atoms with Gasteiger partial charge < -0.3 is 5.11 Å². The van der Waals surface area contributed by atoms with Crippen molar-refractivity contribution in [1.82, 2.24) is 14.6 Å². The van der Waals surface area contributed by atoms with E-state index in [2.05, 4.69) is 31.0 Å².